The Labute approximate surface area is 170 Å². The summed E-state index contributed by atoms with van der Waals surface area (Å²) in [6.45, 7) is 0.722. The molecule has 1 aromatic heterocycles. The number of nitrogens with zero attached hydrogens (tertiary/aromatic N) is 1. The molecule has 1 heterocycles. The standard InChI is InChI=1S/C25H23NO3/c1-28-22-11-5-19(6-12-22)24-16-26(15-18-3-9-21(27)10-4-18)17-25(24)20-7-13-23(29-2)14-8-20/h3-14,16-17,27H,15H2,1-2H3. The largest absolute Gasteiger partial charge is 0.508 e. The molecule has 4 aromatic rings. The number of hydrogen-bond donors (Lipinski definition) is 1. The van der Waals surface area contributed by atoms with Crippen LogP contribution in [0.5, 0.6) is 17.2 Å². The van der Waals surface area contributed by atoms with Crippen molar-refractivity contribution in [3.05, 3.63) is 90.8 Å². The number of ether oxygens (including phenoxy) is 2. The number of aromatic nitrogens is 1. The van der Waals surface area contributed by atoms with Crippen LogP contribution in [0.2, 0.25) is 0 Å². The topological polar surface area (TPSA) is 43.6 Å². The van der Waals surface area contributed by atoms with Crippen molar-refractivity contribution in [3.8, 4) is 39.5 Å². The summed E-state index contributed by atoms with van der Waals surface area (Å²) < 4.78 is 12.8. The van der Waals surface area contributed by atoms with Crippen LogP contribution >= 0.6 is 0 Å². The SMILES string of the molecule is COc1ccc(-c2cn(Cc3ccc(O)cc3)cc2-c2ccc(OC)cc2)cc1. The molecule has 0 fully saturated rings. The van der Waals surface area contributed by atoms with Crippen LogP contribution in [-0.2, 0) is 6.54 Å². The third-order valence-electron chi connectivity index (χ3n) is 4.98. The molecule has 29 heavy (non-hydrogen) atoms. The van der Waals surface area contributed by atoms with E-state index in [0.717, 1.165) is 45.9 Å². The van der Waals surface area contributed by atoms with Crippen LogP contribution in [0.15, 0.2) is 85.2 Å². The Morgan fingerprint density at radius 2 is 1.10 bits per heavy atom. The van der Waals surface area contributed by atoms with Gasteiger partial charge >= 0.3 is 0 Å². The Kier molecular flexibility index (Phi) is 5.25. The molecular formula is C25H23NO3. The normalized spacial score (nSPS) is 10.7. The third-order valence-corrected chi connectivity index (χ3v) is 4.98. The summed E-state index contributed by atoms with van der Waals surface area (Å²) in [6, 6.07) is 23.5. The minimum atomic E-state index is 0.277. The summed E-state index contributed by atoms with van der Waals surface area (Å²) in [5, 5.41) is 9.53. The van der Waals surface area contributed by atoms with E-state index in [9.17, 15) is 5.11 Å². The van der Waals surface area contributed by atoms with Crippen molar-refractivity contribution in [2.75, 3.05) is 14.2 Å². The Morgan fingerprint density at radius 3 is 1.52 bits per heavy atom. The molecule has 0 saturated carbocycles. The van der Waals surface area contributed by atoms with Crippen LogP contribution in [0.25, 0.3) is 22.3 Å². The van der Waals surface area contributed by atoms with Crippen LogP contribution in [0.3, 0.4) is 0 Å². The van der Waals surface area contributed by atoms with Crippen LogP contribution in [0, 0.1) is 0 Å². The van der Waals surface area contributed by atoms with Gasteiger partial charge < -0.3 is 19.1 Å². The summed E-state index contributed by atoms with van der Waals surface area (Å²) in [5.41, 5.74) is 5.68. The first kappa shape index (κ1) is 18.7. The maximum absolute atomic E-state index is 9.53. The van der Waals surface area contributed by atoms with Crippen molar-refractivity contribution in [3.63, 3.8) is 0 Å². The highest BCUT2D eigenvalue weighted by molar-refractivity contribution is 5.83. The fourth-order valence-electron chi connectivity index (χ4n) is 3.41. The molecule has 0 bridgehead atoms. The zero-order chi connectivity index (χ0) is 20.2. The van der Waals surface area contributed by atoms with Gasteiger partial charge in [-0.05, 0) is 53.1 Å². The monoisotopic (exact) mass is 385 g/mol. The highest BCUT2D eigenvalue weighted by Gasteiger charge is 2.12. The van der Waals surface area contributed by atoms with Gasteiger partial charge in [0.05, 0.1) is 14.2 Å². The van der Waals surface area contributed by atoms with E-state index in [0.29, 0.717) is 0 Å². The minimum absolute atomic E-state index is 0.277. The first-order valence-corrected chi connectivity index (χ1v) is 9.43. The second kappa shape index (κ2) is 8.15. The number of benzene rings is 3. The first-order valence-electron chi connectivity index (χ1n) is 9.43. The molecule has 0 unspecified atom stereocenters. The van der Waals surface area contributed by atoms with Crippen LogP contribution in [0.4, 0.5) is 0 Å². The second-order valence-corrected chi connectivity index (χ2v) is 6.88. The lowest BCUT2D eigenvalue weighted by Crippen LogP contribution is -1.95. The van der Waals surface area contributed by atoms with E-state index >= 15 is 0 Å². The molecule has 4 heteroatoms. The van der Waals surface area contributed by atoms with Gasteiger partial charge in [-0.3, -0.25) is 0 Å². The number of aromatic hydroxyl groups is 1. The molecule has 0 aliphatic heterocycles. The summed E-state index contributed by atoms with van der Waals surface area (Å²) in [6.07, 6.45) is 4.32. The van der Waals surface area contributed by atoms with Gasteiger partial charge in [-0.25, -0.2) is 0 Å². The van der Waals surface area contributed by atoms with E-state index in [1.807, 2.05) is 36.4 Å². The maximum atomic E-state index is 9.53. The zero-order valence-corrected chi connectivity index (χ0v) is 16.5. The fourth-order valence-corrected chi connectivity index (χ4v) is 3.41. The molecule has 0 atom stereocenters. The van der Waals surface area contributed by atoms with Crippen molar-refractivity contribution in [2.45, 2.75) is 6.54 Å². The van der Waals surface area contributed by atoms with Gasteiger partial charge in [-0.1, -0.05) is 36.4 Å². The number of hydrogen-bond acceptors (Lipinski definition) is 3. The van der Waals surface area contributed by atoms with Crippen LogP contribution in [-0.4, -0.2) is 23.9 Å². The lowest BCUT2D eigenvalue weighted by atomic mass is 9.99. The summed E-state index contributed by atoms with van der Waals surface area (Å²) >= 11 is 0. The lowest BCUT2D eigenvalue weighted by molar-refractivity contribution is 0.414. The average molecular weight is 385 g/mol. The molecule has 0 aliphatic carbocycles. The number of rotatable bonds is 6. The number of phenolic OH excluding ortho intramolecular Hbond substituents is 1. The quantitative estimate of drug-likeness (QED) is 0.470. The molecule has 4 rings (SSSR count). The van der Waals surface area contributed by atoms with E-state index in [4.69, 9.17) is 9.47 Å². The van der Waals surface area contributed by atoms with Gasteiger partial charge in [-0.2, -0.15) is 0 Å². The van der Waals surface area contributed by atoms with Crippen molar-refractivity contribution >= 4 is 0 Å². The Bertz CT molecular complexity index is 1010. The minimum Gasteiger partial charge on any atom is -0.508 e. The second-order valence-electron chi connectivity index (χ2n) is 6.88. The van der Waals surface area contributed by atoms with E-state index in [2.05, 4.69) is 41.2 Å². The average Bonchev–Trinajstić information content (AvgIpc) is 3.19. The van der Waals surface area contributed by atoms with Gasteiger partial charge in [0.1, 0.15) is 17.2 Å². The van der Waals surface area contributed by atoms with Gasteiger partial charge in [0.15, 0.2) is 0 Å². The third kappa shape index (κ3) is 4.11. The van der Waals surface area contributed by atoms with Gasteiger partial charge in [0, 0.05) is 30.1 Å². The molecule has 4 nitrogen and oxygen atoms in total. The van der Waals surface area contributed by atoms with Crippen LogP contribution in [0.1, 0.15) is 5.56 Å². The van der Waals surface area contributed by atoms with Crippen molar-refractivity contribution in [1.82, 2.24) is 4.57 Å². The number of methoxy groups -OCH3 is 2. The van der Waals surface area contributed by atoms with E-state index in [1.165, 1.54) is 0 Å². The molecule has 0 radical (unpaired) electrons. The van der Waals surface area contributed by atoms with Crippen LogP contribution < -0.4 is 9.47 Å². The highest BCUT2D eigenvalue weighted by atomic mass is 16.5. The highest BCUT2D eigenvalue weighted by Crippen LogP contribution is 2.35. The first-order chi connectivity index (χ1) is 14.2. The van der Waals surface area contributed by atoms with E-state index in [-0.39, 0.29) is 5.75 Å². The molecule has 0 saturated heterocycles. The fraction of sp³-hybridized carbons (Fsp3) is 0.120. The number of phenols is 1. The van der Waals surface area contributed by atoms with E-state index < -0.39 is 0 Å². The Balaban J connectivity index is 1.75. The summed E-state index contributed by atoms with van der Waals surface area (Å²) in [5.74, 6) is 1.95. The predicted molar refractivity (Wildman–Crippen MR) is 116 cm³/mol. The smallest absolute Gasteiger partial charge is 0.118 e. The van der Waals surface area contributed by atoms with E-state index in [1.54, 1.807) is 26.4 Å². The molecule has 0 spiro atoms. The predicted octanol–water partition coefficient (Wildman–Crippen LogP) is 5.59. The Morgan fingerprint density at radius 1 is 0.655 bits per heavy atom. The molecule has 146 valence electrons. The maximum Gasteiger partial charge on any atom is 0.118 e. The Hall–Kier alpha value is -3.66. The molecular weight excluding hydrogens is 362 g/mol. The zero-order valence-electron chi connectivity index (χ0n) is 16.5. The molecule has 1 N–H and O–H groups in total. The van der Waals surface area contributed by atoms with Crippen molar-refractivity contribution in [2.24, 2.45) is 0 Å². The van der Waals surface area contributed by atoms with Crippen molar-refractivity contribution < 1.29 is 14.6 Å². The van der Waals surface area contributed by atoms with Crippen molar-refractivity contribution in [1.29, 1.82) is 0 Å². The van der Waals surface area contributed by atoms with Gasteiger partial charge in [-0.15, -0.1) is 0 Å². The molecule has 0 aliphatic rings. The molecule has 0 amide bonds. The van der Waals surface area contributed by atoms with Gasteiger partial charge in [0.25, 0.3) is 0 Å². The molecule has 3 aromatic carbocycles. The summed E-state index contributed by atoms with van der Waals surface area (Å²) in [4.78, 5) is 0. The lowest BCUT2D eigenvalue weighted by Gasteiger charge is -2.07. The summed E-state index contributed by atoms with van der Waals surface area (Å²) in [7, 11) is 3.35. The van der Waals surface area contributed by atoms with Gasteiger partial charge in [0.2, 0.25) is 0 Å².